The van der Waals surface area contributed by atoms with Crippen LogP contribution in [0.2, 0.25) is 0 Å². The summed E-state index contributed by atoms with van der Waals surface area (Å²) in [6.07, 6.45) is 0.111. The van der Waals surface area contributed by atoms with Gasteiger partial charge in [0.25, 0.3) is 0 Å². The van der Waals surface area contributed by atoms with Crippen molar-refractivity contribution in [2.24, 2.45) is 0 Å². The summed E-state index contributed by atoms with van der Waals surface area (Å²) in [5, 5.41) is 9.26. The maximum absolute atomic E-state index is 9.26. The first-order chi connectivity index (χ1) is 4.00. The molecule has 0 aliphatic rings. The van der Waals surface area contributed by atoms with Crippen molar-refractivity contribution in [1.29, 1.82) is 0 Å². The summed E-state index contributed by atoms with van der Waals surface area (Å²) in [5.41, 5.74) is 0. The van der Waals surface area contributed by atoms with E-state index in [4.69, 9.17) is 13.3 Å². The zero-order valence-electron chi connectivity index (χ0n) is 5.40. The Morgan fingerprint density at radius 3 is 1.80 bits per heavy atom. The van der Waals surface area contributed by atoms with Crippen LogP contribution in [-0.2, 0) is 16.2 Å². The van der Waals surface area contributed by atoms with Crippen LogP contribution in [0.4, 0.5) is 0 Å². The maximum Gasteiger partial charge on any atom is 2.00 e. The van der Waals surface area contributed by atoms with Crippen LogP contribution in [-0.4, -0.2) is 42.3 Å². The normalized spacial score (nSPS) is 9.90. The van der Waals surface area contributed by atoms with Crippen molar-refractivity contribution in [2.75, 3.05) is 0 Å². The van der Waals surface area contributed by atoms with E-state index in [1.54, 1.807) is 0 Å². The van der Waals surface area contributed by atoms with E-state index in [-0.39, 0.29) is 29.5 Å². The molecule has 0 spiro atoms. The molecule has 0 aromatic rings. The first-order valence-electron chi connectivity index (χ1n) is 1.98. The largest absolute Gasteiger partial charge is 2.00 e. The fourth-order valence-electron chi connectivity index (χ4n) is 0. The third kappa shape index (κ3) is 83.4. The second-order valence-electron chi connectivity index (χ2n) is 0.943. The van der Waals surface area contributed by atoms with E-state index in [9.17, 15) is 9.90 Å². The van der Waals surface area contributed by atoms with Gasteiger partial charge < -0.3 is 19.0 Å². The third-order valence-corrected chi connectivity index (χ3v) is 0.289. The Morgan fingerprint density at radius 2 is 1.80 bits per heavy atom. The Kier molecular flexibility index (Phi) is 20.1. The van der Waals surface area contributed by atoms with E-state index in [2.05, 4.69) is 0 Å². The Hall–Kier alpha value is 0.306. The van der Waals surface area contributed by atoms with Crippen molar-refractivity contribution in [3.63, 3.8) is 0 Å². The zero-order valence-corrected chi connectivity index (χ0v) is 7.63. The molecule has 0 saturated heterocycles. The Balaban J connectivity index is -0.0000000910. The van der Waals surface area contributed by atoms with Crippen LogP contribution >= 0.6 is 0 Å². The molecule has 0 aromatic heterocycles. The van der Waals surface area contributed by atoms with Crippen molar-refractivity contribution in [2.45, 2.75) is 13.3 Å². The summed E-state index contributed by atoms with van der Waals surface area (Å²) >= 11 is -2.86. The van der Waals surface area contributed by atoms with Gasteiger partial charge in [0, 0.05) is 5.97 Å². The predicted molar refractivity (Wildman–Crippen MR) is 32.6 cm³/mol. The molecule has 5 nitrogen and oxygen atoms in total. The number of carboxylic acids is 1. The molecule has 0 aromatic carbocycles. The van der Waals surface area contributed by atoms with Crippen LogP contribution in [0.5, 0.6) is 0 Å². The van der Waals surface area contributed by atoms with E-state index in [0.717, 1.165) is 0 Å². The smallest absolute Gasteiger partial charge is 0.750 e. The summed E-state index contributed by atoms with van der Waals surface area (Å²) in [4.78, 5) is 9.26. The van der Waals surface area contributed by atoms with E-state index in [1.807, 2.05) is 0 Å². The van der Waals surface area contributed by atoms with Crippen molar-refractivity contribution in [1.82, 2.24) is 0 Å². The molecule has 0 heterocycles. The number of carbonyl (C=O) groups is 1. The van der Waals surface area contributed by atoms with Crippen molar-refractivity contribution in [3.05, 3.63) is 0 Å². The number of aliphatic carboxylic acids is 1. The third-order valence-electron chi connectivity index (χ3n) is 0.289. The van der Waals surface area contributed by atoms with Crippen LogP contribution in [0.3, 0.4) is 0 Å². The average Bonchev–Trinajstić information content (AvgIpc) is 1.65. The van der Waals surface area contributed by atoms with Gasteiger partial charge in [-0.2, -0.15) is 0 Å². The van der Waals surface area contributed by atoms with Crippen molar-refractivity contribution in [3.8, 4) is 0 Å². The first kappa shape index (κ1) is 16.7. The molecule has 0 amide bonds. The van der Waals surface area contributed by atoms with Crippen LogP contribution in [0.25, 0.3) is 0 Å². The van der Waals surface area contributed by atoms with Gasteiger partial charge in [0.05, 0.1) is 11.4 Å². The second-order valence-corrected chi connectivity index (χ2v) is 1.38. The molecule has 56 valence electrons. The molecule has 1 N–H and O–H groups in total. The van der Waals surface area contributed by atoms with E-state index < -0.39 is 17.3 Å². The number of hydrogen-bond donors (Lipinski definition) is 1. The van der Waals surface area contributed by atoms with Gasteiger partial charge in [-0.3, -0.25) is 0 Å². The van der Waals surface area contributed by atoms with Gasteiger partial charge in [-0.1, -0.05) is 6.92 Å². The Morgan fingerprint density at radius 1 is 1.70 bits per heavy atom. The predicted octanol–water partition coefficient (Wildman–Crippen LogP) is -1.90. The number of carbonyl (C=O) groups excluding carboxylic acids is 1. The molecule has 0 saturated carbocycles. The van der Waals surface area contributed by atoms with Gasteiger partial charge >= 0.3 is 23.1 Å². The van der Waals surface area contributed by atoms with Crippen LogP contribution in [0.15, 0.2) is 0 Å². The standard InChI is InChI=1S/C3H6O2.Mg.H2O3S/c1-2-3(4)5;;1-4(2)3/h2H2,1H3,(H,4,5);;(H2,1,2,3)/q;+2;/p-2. The van der Waals surface area contributed by atoms with Crippen LogP contribution in [0, 0.1) is 0 Å². The summed E-state index contributed by atoms with van der Waals surface area (Å²) in [6.45, 7) is 1.54. The quantitative estimate of drug-likeness (QED) is 0.373. The molecule has 10 heavy (non-hydrogen) atoms. The molecule has 7 heteroatoms. The molecule has 0 bridgehead atoms. The number of rotatable bonds is 1. The fourth-order valence-corrected chi connectivity index (χ4v) is 0. The van der Waals surface area contributed by atoms with Crippen LogP contribution < -0.4 is 5.11 Å². The van der Waals surface area contributed by atoms with Gasteiger partial charge in [0.2, 0.25) is 0 Å². The molecule has 1 atom stereocenters. The summed E-state index contributed by atoms with van der Waals surface area (Å²) in [5.74, 6) is -0.995. The molecule has 1 unspecified atom stereocenters. The van der Waals surface area contributed by atoms with Crippen molar-refractivity contribution < 1.29 is 23.2 Å². The maximum atomic E-state index is 9.26. The van der Waals surface area contributed by atoms with Gasteiger partial charge in [-0.15, -0.1) is 0 Å². The minimum absolute atomic E-state index is 0. The summed E-state index contributed by atoms with van der Waals surface area (Å²) in [6, 6.07) is 0. The molecule has 0 fully saturated rings. The molecular formula is C3H6MgO5S. The topological polar surface area (TPSA) is 100 Å². The monoisotopic (exact) mass is 178 g/mol. The molecule has 0 rings (SSSR count). The number of hydrogen-bond acceptors (Lipinski definition) is 4. The minimum atomic E-state index is -2.86. The van der Waals surface area contributed by atoms with Gasteiger partial charge in [-0.05, 0) is 6.42 Å². The van der Waals surface area contributed by atoms with E-state index in [0.29, 0.717) is 0 Å². The Bertz CT molecular complexity index is 101. The van der Waals surface area contributed by atoms with Crippen LogP contribution in [0.1, 0.15) is 13.3 Å². The average molecular weight is 178 g/mol. The van der Waals surface area contributed by atoms with Gasteiger partial charge in [-0.25, -0.2) is 4.21 Å². The molecular weight excluding hydrogens is 172 g/mol. The Labute approximate surface area is 77.1 Å². The number of carboxylic acid groups (broad SMARTS) is 1. The minimum Gasteiger partial charge on any atom is -0.750 e. The van der Waals surface area contributed by atoms with E-state index in [1.165, 1.54) is 6.92 Å². The first-order valence-corrected chi connectivity index (χ1v) is 3.02. The van der Waals surface area contributed by atoms with Gasteiger partial charge in [0.15, 0.2) is 0 Å². The zero-order chi connectivity index (χ0) is 7.86. The molecule has 0 aliphatic carbocycles. The summed E-state index contributed by atoms with van der Waals surface area (Å²) in [7, 11) is 0. The van der Waals surface area contributed by atoms with Crippen molar-refractivity contribution >= 4 is 40.4 Å². The SMILES string of the molecule is CCC(=O)[O-].O=S([O-])O.[Mg+2]. The van der Waals surface area contributed by atoms with Gasteiger partial charge in [0.1, 0.15) is 0 Å². The molecule has 0 radical (unpaired) electrons. The molecule has 0 aliphatic heterocycles. The van der Waals surface area contributed by atoms with E-state index >= 15 is 0 Å². The second kappa shape index (κ2) is 12.0. The summed E-state index contributed by atoms with van der Waals surface area (Å²) < 4.78 is 24.1. The fraction of sp³-hybridized carbons (Fsp3) is 0.667.